The minimum Gasteiger partial charge on any atom is -0.508 e. The van der Waals surface area contributed by atoms with Gasteiger partial charge in [0.05, 0.1) is 12.7 Å². The van der Waals surface area contributed by atoms with Gasteiger partial charge in [-0.2, -0.15) is 0 Å². The molecular weight excluding hydrogens is 292 g/mol. The molecule has 0 heterocycles. The van der Waals surface area contributed by atoms with Crippen molar-refractivity contribution in [2.45, 2.75) is 18.9 Å². The average Bonchev–Trinajstić information content (AvgIpc) is 2.52. The SMILES string of the molecule is C=CCc1cc(-c2cc(CC(O)COC)ccc2O)ccc1O. The first-order valence-corrected chi connectivity index (χ1v) is 7.47. The van der Waals surface area contributed by atoms with Crippen LogP contribution in [0, 0.1) is 0 Å². The van der Waals surface area contributed by atoms with Gasteiger partial charge in [0.1, 0.15) is 11.5 Å². The molecule has 1 unspecified atom stereocenters. The van der Waals surface area contributed by atoms with E-state index in [9.17, 15) is 15.3 Å². The number of rotatable bonds is 7. The summed E-state index contributed by atoms with van der Waals surface area (Å²) in [5.74, 6) is 0.366. The average molecular weight is 314 g/mol. The summed E-state index contributed by atoms with van der Waals surface area (Å²) in [4.78, 5) is 0. The van der Waals surface area contributed by atoms with Gasteiger partial charge in [0.2, 0.25) is 0 Å². The largest absolute Gasteiger partial charge is 0.508 e. The van der Waals surface area contributed by atoms with Gasteiger partial charge in [-0.15, -0.1) is 6.58 Å². The highest BCUT2D eigenvalue weighted by Crippen LogP contribution is 2.33. The summed E-state index contributed by atoms with van der Waals surface area (Å²) in [5, 5.41) is 29.9. The van der Waals surface area contributed by atoms with Gasteiger partial charge in [0.25, 0.3) is 0 Å². The predicted octanol–water partition coefficient (Wildman–Crippen LogP) is 3.04. The van der Waals surface area contributed by atoms with E-state index in [2.05, 4.69) is 6.58 Å². The minimum absolute atomic E-state index is 0.158. The molecular formula is C19H22O4. The molecule has 0 bridgehead atoms. The molecule has 4 heteroatoms. The minimum atomic E-state index is -0.589. The van der Waals surface area contributed by atoms with E-state index in [1.165, 1.54) is 0 Å². The van der Waals surface area contributed by atoms with Gasteiger partial charge < -0.3 is 20.1 Å². The number of hydrogen-bond acceptors (Lipinski definition) is 4. The van der Waals surface area contributed by atoms with Crippen LogP contribution in [0.15, 0.2) is 49.1 Å². The van der Waals surface area contributed by atoms with Gasteiger partial charge in [-0.25, -0.2) is 0 Å². The highest BCUT2D eigenvalue weighted by Gasteiger charge is 2.11. The third-order valence-electron chi connectivity index (χ3n) is 3.65. The number of phenols is 2. The van der Waals surface area contributed by atoms with Gasteiger partial charge >= 0.3 is 0 Å². The third-order valence-corrected chi connectivity index (χ3v) is 3.65. The molecule has 2 rings (SSSR count). The van der Waals surface area contributed by atoms with Crippen molar-refractivity contribution in [3.8, 4) is 22.6 Å². The second kappa shape index (κ2) is 7.81. The zero-order valence-electron chi connectivity index (χ0n) is 13.2. The van der Waals surface area contributed by atoms with Gasteiger partial charge in [0.15, 0.2) is 0 Å². The zero-order valence-corrected chi connectivity index (χ0v) is 13.2. The number of ether oxygens (including phenoxy) is 1. The molecule has 4 nitrogen and oxygen atoms in total. The van der Waals surface area contributed by atoms with E-state index in [1.807, 2.05) is 12.1 Å². The van der Waals surface area contributed by atoms with Gasteiger partial charge in [-0.1, -0.05) is 18.2 Å². The van der Waals surface area contributed by atoms with Crippen LogP contribution in [0.5, 0.6) is 11.5 Å². The van der Waals surface area contributed by atoms with Crippen molar-refractivity contribution in [3.63, 3.8) is 0 Å². The second-order valence-electron chi connectivity index (χ2n) is 5.50. The maximum atomic E-state index is 10.1. The summed E-state index contributed by atoms with van der Waals surface area (Å²) in [7, 11) is 1.54. The number of phenolic OH excluding ortho intramolecular Hbond substituents is 2. The van der Waals surface area contributed by atoms with Crippen LogP contribution >= 0.6 is 0 Å². The van der Waals surface area contributed by atoms with Crippen molar-refractivity contribution in [2.24, 2.45) is 0 Å². The van der Waals surface area contributed by atoms with Crippen molar-refractivity contribution in [3.05, 3.63) is 60.2 Å². The fraction of sp³-hybridized carbons (Fsp3) is 0.263. The Labute approximate surface area is 136 Å². The van der Waals surface area contributed by atoms with Crippen LogP contribution in [0.3, 0.4) is 0 Å². The molecule has 0 saturated carbocycles. The van der Waals surface area contributed by atoms with E-state index in [4.69, 9.17) is 4.74 Å². The van der Waals surface area contributed by atoms with Crippen LogP contribution in [0.4, 0.5) is 0 Å². The lowest BCUT2D eigenvalue weighted by atomic mass is 9.97. The monoisotopic (exact) mass is 314 g/mol. The maximum Gasteiger partial charge on any atom is 0.123 e. The Morgan fingerprint density at radius 3 is 2.57 bits per heavy atom. The predicted molar refractivity (Wildman–Crippen MR) is 90.7 cm³/mol. The van der Waals surface area contributed by atoms with Crippen molar-refractivity contribution in [1.82, 2.24) is 0 Å². The van der Waals surface area contributed by atoms with Crippen molar-refractivity contribution in [1.29, 1.82) is 0 Å². The van der Waals surface area contributed by atoms with Crippen LogP contribution in [-0.2, 0) is 17.6 Å². The molecule has 3 N–H and O–H groups in total. The van der Waals surface area contributed by atoms with E-state index in [-0.39, 0.29) is 18.1 Å². The summed E-state index contributed by atoms with van der Waals surface area (Å²) >= 11 is 0. The first-order chi connectivity index (χ1) is 11.0. The van der Waals surface area contributed by atoms with E-state index in [0.29, 0.717) is 18.4 Å². The Morgan fingerprint density at radius 2 is 1.87 bits per heavy atom. The van der Waals surface area contributed by atoms with Gasteiger partial charge in [0, 0.05) is 19.1 Å². The van der Waals surface area contributed by atoms with Crippen LogP contribution in [0.25, 0.3) is 11.1 Å². The highest BCUT2D eigenvalue weighted by molar-refractivity contribution is 5.72. The molecule has 23 heavy (non-hydrogen) atoms. The van der Waals surface area contributed by atoms with Gasteiger partial charge in [-0.3, -0.25) is 0 Å². The summed E-state index contributed by atoms with van der Waals surface area (Å²) in [6, 6.07) is 10.4. The van der Waals surface area contributed by atoms with E-state index in [0.717, 1.165) is 16.7 Å². The number of aliphatic hydroxyl groups is 1. The maximum absolute atomic E-state index is 10.1. The van der Waals surface area contributed by atoms with E-state index in [1.54, 1.807) is 37.5 Å². The molecule has 0 radical (unpaired) electrons. The Bertz CT molecular complexity index is 679. The molecule has 0 saturated heterocycles. The lowest BCUT2D eigenvalue weighted by Crippen LogP contribution is -2.16. The molecule has 1 atom stereocenters. The topological polar surface area (TPSA) is 69.9 Å². The molecule has 0 aliphatic carbocycles. The summed E-state index contributed by atoms with van der Waals surface area (Å²) in [5.41, 5.74) is 3.13. The normalized spacial score (nSPS) is 12.1. The molecule has 2 aromatic carbocycles. The van der Waals surface area contributed by atoms with E-state index < -0.39 is 6.10 Å². The fourth-order valence-corrected chi connectivity index (χ4v) is 2.54. The summed E-state index contributed by atoms with van der Waals surface area (Å²) in [6.45, 7) is 3.94. The first kappa shape index (κ1) is 17.1. The number of aromatic hydroxyl groups is 2. The molecule has 2 aromatic rings. The lowest BCUT2D eigenvalue weighted by Gasteiger charge is -2.13. The fourth-order valence-electron chi connectivity index (χ4n) is 2.54. The van der Waals surface area contributed by atoms with E-state index >= 15 is 0 Å². The second-order valence-corrected chi connectivity index (χ2v) is 5.50. The number of aliphatic hydroxyl groups excluding tert-OH is 1. The Balaban J connectivity index is 2.35. The van der Waals surface area contributed by atoms with Crippen LogP contribution in [0.1, 0.15) is 11.1 Å². The quantitative estimate of drug-likeness (QED) is 0.687. The van der Waals surface area contributed by atoms with Crippen molar-refractivity contribution in [2.75, 3.05) is 13.7 Å². The standard InChI is InChI=1S/C19H22O4/c1-3-4-15-11-14(6-8-18(15)21)17-10-13(5-7-19(17)22)9-16(20)12-23-2/h3,5-8,10-11,16,20-22H,1,4,9,12H2,2H3. The molecule has 0 amide bonds. The zero-order chi connectivity index (χ0) is 16.8. The highest BCUT2D eigenvalue weighted by atomic mass is 16.5. The Kier molecular flexibility index (Phi) is 5.79. The number of methoxy groups -OCH3 is 1. The third kappa shape index (κ3) is 4.34. The van der Waals surface area contributed by atoms with Crippen LogP contribution < -0.4 is 0 Å². The number of hydrogen-bond donors (Lipinski definition) is 3. The van der Waals surface area contributed by atoms with Crippen molar-refractivity contribution < 1.29 is 20.1 Å². The molecule has 0 fully saturated rings. The lowest BCUT2D eigenvalue weighted by molar-refractivity contribution is 0.0650. The smallest absolute Gasteiger partial charge is 0.123 e. The van der Waals surface area contributed by atoms with Crippen LogP contribution in [0.2, 0.25) is 0 Å². The summed E-state index contributed by atoms with van der Waals surface area (Å²) in [6.07, 6.45) is 2.12. The molecule has 0 aromatic heterocycles. The van der Waals surface area contributed by atoms with Crippen molar-refractivity contribution >= 4 is 0 Å². The Hall–Kier alpha value is -2.30. The Morgan fingerprint density at radius 1 is 1.13 bits per heavy atom. The number of allylic oxidation sites excluding steroid dienone is 1. The number of benzene rings is 2. The first-order valence-electron chi connectivity index (χ1n) is 7.47. The molecule has 0 aliphatic heterocycles. The molecule has 0 spiro atoms. The summed E-state index contributed by atoms with van der Waals surface area (Å²) < 4.78 is 4.93. The molecule has 0 aliphatic rings. The van der Waals surface area contributed by atoms with Crippen LogP contribution in [-0.4, -0.2) is 35.1 Å². The van der Waals surface area contributed by atoms with Gasteiger partial charge in [-0.05, 0) is 47.4 Å². The molecule has 122 valence electrons.